The van der Waals surface area contributed by atoms with Gasteiger partial charge in [-0.1, -0.05) is 18.2 Å². The van der Waals surface area contributed by atoms with Crippen LogP contribution in [0.5, 0.6) is 0 Å². The summed E-state index contributed by atoms with van der Waals surface area (Å²) in [5.41, 5.74) is 3.49. The Morgan fingerprint density at radius 1 is 1.20 bits per heavy atom. The largest absolute Gasteiger partial charge is 0.338 e. The molecule has 2 N–H and O–H groups in total. The molecule has 0 spiro atoms. The van der Waals surface area contributed by atoms with Crippen molar-refractivity contribution < 1.29 is 0 Å². The van der Waals surface area contributed by atoms with Crippen LogP contribution in [0.2, 0.25) is 0 Å². The number of benzene rings is 1. The molecule has 2 aromatic rings. The minimum atomic E-state index is 0.951. The van der Waals surface area contributed by atoms with Crippen LogP contribution in [0.4, 0.5) is 0 Å². The van der Waals surface area contributed by atoms with Crippen molar-refractivity contribution in [1.29, 1.82) is 0 Å². The van der Waals surface area contributed by atoms with Crippen LogP contribution in [0, 0.1) is 0 Å². The van der Waals surface area contributed by atoms with Gasteiger partial charge in [0.25, 0.3) is 0 Å². The van der Waals surface area contributed by atoms with Gasteiger partial charge >= 0.3 is 0 Å². The van der Waals surface area contributed by atoms with Gasteiger partial charge in [0, 0.05) is 6.54 Å². The van der Waals surface area contributed by atoms with Gasteiger partial charge in [0.1, 0.15) is 5.82 Å². The van der Waals surface area contributed by atoms with Crippen LogP contribution in [-0.4, -0.2) is 23.1 Å². The second-order valence-corrected chi connectivity index (χ2v) is 3.79. The third kappa shape index (κ3) is 1.55. The highest BCUT2D eigenvalue weighted by Gasteiger charge is 2.09. The molecule has 0 atom stereocenters. The lowest BCUT2D eigenvalue weighted by Gasteiger charge is -2.11. The number of aromatic amines is 1. The molecule has 0 amide bonds. The third-order valence-electron chi connectivity index (χ3n) is 2.76. The molecule has 3 nitrogen and oxygen atoms in total. The molecule has 0 fully saturated rings. The maximum atomic E-state index is 4.58. The fraction of sp³-hybridized carbons (Fsp3) is 0.250. The van der Waals surface area contributed by atoms with Crippen molar-refractivity contribution in [1.82, 2.24) is 15.3 Å². The van der Waals surface area contributed by atoms with Crippen LogP contribution in [0.25, 0.3) is 16.6 Å². The number of aromatic nitrogens is 2. The summed E-state index contributed by atoms with van der Waals surface area (Å²) in [5, 5.41) is 3.30. The first kappa shape index (κ1) is 8.68. The first-order chi connectivity index (χ1) is 7.43. The van der Waals surface area contributed by atoms with E-state index in [9.17, 15) is 0 Å². The molecule has 0 saturated heterocycles. The van der Waals surface area contributed by atoms with Crippen LogP contribution in [0.1, 0.15) is 12.2 Å². The normalized spacial score (nSPS) is 16.7. The van der Waals surface area contributed by atoms with Crippen molar-refractivity contribution >= 4 is 16.6 Å². The van der Waals surface area contributed by atoms with E-state index < -0.39 is 0 Å². The van der Waals surface area contributed by atoms with Gasteiger partial charge in [0.05, 0.1) is 11.0 Å². The number of fused-ring (bicyclic) bond motifs is 1. The second-order valence-electron chi connectivity index (χ2n) is 3.79. The molecule has 3 heteroatoms. The molecule has 0 bridgehead atoms. The van der Waals surface area contributed by atoms with E-state index in [4.69, 9.17) is 0 Å². The molecule has 1 aromatic heterocycles. The van der Waals surface area contributed by atoms with Crippen molar-refractivity contribution in [3.05, 3.63) is 36.2 Å². The standard InChI is InChI=1S/C12H13N3/c1-2-4-11-10(3-1)14-12(15-11)9-5-7-13-8-6-9/h1-5,13H,6-8H2,(H,14,15). The summed E-state index contributed by atoms with van der Waals surface area (Å²) in [5.74, 6) is 1.03. The predicted molar refractivity (Wildman–Crippen MR) is 61.6 cm³/mol. The summed E-state index contributed by atoms with van der Waals surface area (Å²) in [6, 6.07) is 8.15. The zero-order valence-corrected chi connectivity index (χ0v) is 8.46. The van der Waals surface area contributed by atoms with E-state index >= 15 is 0 Å². The number of nitrogens with one attached hydrogen (secondary N) is 2. The van der Waals surface area contributed by atoms with Gasteiger partial charge in [-0.15, -0.1) is 0 Å². The molecule has 15 heavy (non-hydrogen) atoms. The van der Waals surface area contributed by atoms with Gasteiger partial charge < -0.3 is 10.3 Å². The van der Waals surface area contributed by atoms with Crippen molar-refractivity contribution in [2.45, 2.75) is 6.42 Å². The zero-order valence-electron chi connectivity index (χ0n) is 8.46. The molecule has 1 aromatic carbocycles. The molecule has 0 aliphatic carbocycles. The quantitative estimate of drug-likeness (QED) is 0.737. The number of imidazole rings is 1. The lowest BCUT2D eigenvalue weighted by Crippen LogP contribution is -2.20. The van der Waals surface area contributed by atoms with Crippen LogP contribution >= 0.6 is 0 Å². The van der Waals surface area contributed by atoms with Crippen LogP contribution < -0.4 is 5.32 Å². The molecule has 2 heterocycles. The maximum Gasteiger partial charge on any atom is 0.134 e. The number of hydrogen-bond donors (Lipinski definition) is 2. The highest BCUT2D eigenvalue weighted by atomic mass is 14.9. The summed E-state index contributed by atoms with van der Waals surface area (Å²) >= 11 is 0. The average Bonchev–Trinajstić information content (AvgIpc) is 2.74. The van der Waals surface area contributed by atoms with E-state index in [1.54, 1.807) is 0 Å². The highest BCUT2D eigenvalue weighted by molar-refractivity contribution is 5.78. The minimum Gasteiger partial charge on any atom is -0.338 e. The molecular weight excluding hydrogens is 186 g/mol. The second kappa shape index (κ2) is 3.51. The third-order valence-corrected chi connectivity index (χ3v) is 2.76. The topological polar surface area (TPSA) is 40.7 Å². The number of hydrogen-bond acceptors (Lipinski definition) is 2. The fourth-order valence-electron chi connectivity index (χ4n) is 1.94. The van der Waals surface area contributed by atoms with Crippen molar-refractivity contribution in [3.63, 3.8) is 0 Å². The Balaban J connectivity index is 2.07. The maximum absolute atomic E-state index is 4.58. The van der Waals surface area contributed by atoms with Gasteiger partial charge in [0.15, 0.2) is 0 Å². The molecule has 0 saturated carbocycles. The molecule has 1 aliphatic rings. The average molecular weight is 199 g/mol. The summed E-state index contributed by atoms with van der Waals surface area (Å²) < 4.78 is 0. The Kier molecular flexibility index (Phi) is 2.03. The lowest BCUT2D eigenvalue weighted by molar-refractivity contribution is 0.735. The first-order valence-corrected chi connectivity index (χ1v) is 5.28. The monoisotopic (exact) mass is 199 g/mol. The lowest BCUT2D eigenvalue weighted by atomic mass is 10.1. The van der Waals surface area contributed by atoms with E-state index in [1.807, 2.05) is 18.2 Å². The molecule has 3 rings (SSSR count). The summed E-state index contributed by atoms with van der Waals surface area (Å²) in [6.45, 7) is 2.00. The Morgan fingerprint density at radius 2 is 2.13 bits per heavy atom. The van der Waals surface area contributed by atoms with E-state index in [0.717, 1.165) is 36.4 Å². The number of rotatable bonds is 1. The van der Waals surface area contributed by atoms with Gasteiger partial charge in [-0.25, -0.2) is 4.98 Å². The van der Waals surface area contributed by atoms with Crippen LogP contribution in [-0.2, 0) is 0 Å². The Hall–Kier alpha value is -1.61. The van der Waals surface area contributed by atoms with Crippen molar-refractivity contribution in [2.75, 3.05) is 13.1 Å². The fourth-order valence-corrected chi connectivity index (χ4v) is 1.94. The summed E-state index contributed by atoms with van der Waals surface area (Å²) in [7, 11) is 0. The minimum absolute atomic E-state index is 0.951. The SMILES string of the molecule is C1=C(c2nc3ccccc3[nH]2)CCNC1. The molecule has 1 aliphatic heterocycles. The van der Waals surface area contributed by atoms with Gasteiger partial charge in [-0.05, 0) is 30.7 Å². The molecule has 76 valence electrons. The molecule has 0 unspecified atom stereocenters. The highest BCUT2D eigenvalue weighted by Crippen LogP contribution is 2.20. The van der Waals surface area contributed by atoms with Crippen molar-refractivity contribution in [2.24, 2.45) is 0 Å². The Labute approximate surface area is 88.2 Å². The van der Waals surface area contributed by atoms with E-state index in [0.29, 0.717) is 0 Å². The first-order valence-electron chi connectivity index (χ1n) is 5.28. The van der Waals surface area contributed by atoms with Gasteiger partial charge in [-0.3, -0.25) is 0 Å². The summed E-state index contributed by atoms with van der Waals surface area (Å²) in [4.78, 5) is 7.94. The number of para-hydroxylation sites is 2. The van der Waals surface area contributed by atoms with Gasteiger partial charge in [0.2, 0.25) is 0 Å². The summed E-state index contributed by atoms with van der Waals surface area (Å²) in [6.07, 6.45) is 3.26. The number of H-pyrrole nitrogens is 1. The Bertz CT molecular complexity index is 477. The van der Waals surface area contributed by atoms with E-state index in [2.05, 4.69) is 27.4 Å². The predicted octanol–water partition coefficient (Wildman–Crippen LogP) is 1.94. The smallest absolute Gasteiger partial charge is 0.134 e. The molecule has 0 radical (unpaired) electrons. The van der Waals surface area contributed by atoms with E-state index in [1.165, 1.54) is 5.57 Å². The van der Waals surface area contributed by atoms with E-state index in [-0.39, 0.29) is 0 Å². The number of nitrogens with zero attached hydrogens (tertiary/aromatic N) is 1. The van der Waals surface area contributed by atoms with Crippen LogP contribution in [0.3, 0.4) is 0 Å². The van der Waals surface area contributed by atoms with Crippen LogP contribution in [0.15, 0.2) is 30.3 Å². The van der Waals surface area contributed by atoms with Crippen molar-refractivity contribution in [3.8, 4) is 0 Å². The Morgan fingerprint density at radius 3 is 2.93 bits per heavy atom. The van der Waals surface area contributed by atoms with Gasteiger partial charge in [-0.2, -0.15) is 0 Å². The zero-order chi connectivity index (χ0) is 10.1. The molecular formula is C12H13N3.